The molecule has 29 heavy (non-hydrogen) atoms. The first-order chi connectivity index (χ1) is 13.8. The summed E-state index contributed by atoms with van der Waals surface area (Å²) in [6.45, 7) is 10.2. The van der Waals surface area contributed by atoms with E-state index in [1.807, 2.05) is 39.0 Å². The molecule has 0 aromatic heterocycles. The van der Waals surface area contributed by atoms with Gasteiger partial charge in [0.2, 0.25) is 11.8 Å². The fourth-order valence-electron chi connectivity index (χ4n) is 3.02. The normalized spacial score (nSPS) is 11.9. The Morgan fingerprint density at radius 2 is 1.66 bits per heavy atom. The monoisotopic (exact) mass is 412 g/mol. The van der Waals surface area contributed by atoms with Crippen molar-refractivity contribution in [1.29, 1.82) is 0 Å². The molecule has 2 rings (SSSR count). The van der Waals surface area contributed by atoms with Crippen LogP contribution in [0.25, 0.3) is 0 Å². The molecule has 5 heteroatoms. The van der Waals surface area contributed by atoms with Crippen LogP contribution >= 0.6 is 11.8 Å². The quantitative estimate of drug-likeness (QED) is 0.661. The molecule has 0 aliphatic rings. The molecule has 1 atom stereocenters. The number of hydrogen-bond acceptors (Lipinski definition) is 3. The summed E-state index contributed by atoms with van der Waals surface area (Å²) in [6.07, 6.45) is 0. The smallest absolute Gasteiger partial charge is 0.242 e. The van der Waals surface area contributed by atoms with Crippen LogP contribution in [0, 0.1) is 13.8 Å². The van der Waals surface area contributed by atoms with E-state index in [-0.39, 0.29) is 17.9 Å². The number of thioether (sulfide) groups is 1. The lowest BCUT2D eigenvalue weighted by Crippen LogP contribution is -2.49. The molecule has 0 aliphatic heterocycles. The van der Waals surface area contributed by atoms with E-state index in [4.69, 9.17) is 0 Å². The van der Waals surface area contributed by atoms with Crippen molar-refractivity contribution in [3.8, 4) is 0 Å². The molecule has 2 aromatic rings. The van der Waals surface area contributed by atoms with Gasteiger partial charge in [-0.25, -0.2) is 0 Å². The molecular formula is C24H32N2O2S. The molecule has 156 valence electrons. The molecule has 0 aliphatic carbocycles. The third-order valence-corrected chi connectivity index (χ3v) is 5.64. The number of benzene rings is 2. The number of nitrogens with zero attached hydrogens (tertiary/aromatic N) is 1. The van der Waals surface area contributed by atoms with Crippen molar-refractivity contribution in [2.24, 2.45) is 0 Å². The van der Waals surface area contributed by atoms with Crippen LogP contribution in [-0.2, 0) is 21.9 Å². The van der Waals surface area contributed by atoms with Crippen LogP contribution < -0.4 is 5.32 Å². The standard InChI is InChI=1S/C24H32N2O2S/c1-17(2)25-24(28)20(5)26(14-22-8-6-7-19(4)13-22)23(27)16-29-15-21-11-9-18(3)10-12-21/h6-13,17,20H,14-16H2,1-5H3,(H,25,28)/t20-/m1/s1. The molecule has 2 amide bonds. The van der Waals surface area contributed by atoms with Gasteiger partial charge in [0.15, 0.2) is 0 Å². The predicted octanol–water partition coefficient (Wildman–Crippen LogP) is 4.48. The lowest BCUT2D eigenvalue weighted by molar-refractivity contribution is -0.138. The highest BCUT2D eigenvalue weighted by molar-refractivity contribution is 7.99. The molecule has 0 saturated carbocycles. The summed E-state index contributed by atoms with van der Waals surface area (Å²) in [6, 6.07) is 15.9. The van der Waals surface area contributed by atoms with Crippen LogP contribution in [0.4, 0.5) is 0 Å². The van der Waals surface area contributed by atoms with Crippen LogP contribution in [0.3, 0.4) is 0 Å². The summed E-state index contributed by atoms with van der Waals surface area (Å²) in [5.41, 5.74) is 4.60. The second-order valence-corrected chi connectivity index (χ2v) is 8.81. The number of rotatable bonds is 9. The van der Waals surface area contributed by atoms with Gasteiger partial charge in [0, 0.05) is 18.3 Å². The van der Waals surface area contributed by atoms with E-state index >= 15 is 0 Å². The van der Waals surface area contributed by atoms with Crippen LogP contribution in [0.15, 0.2) is 48.5 Å². The molecule has 4 nitrogen and oxygen atoms in total. The molecule has 0 heterocycles. The van der Waals surface area contributed by atoms with Crippen molar-refractivity contribution < 1.29 is 9.59 Å². The number of hydrogen-bond donors (Lipinski definition) is 1. The van der Waals surface area contributed by atoms with E-state index in [2.05, 4.69) is 42.6 Å². The summed E-state index contributed by atoms with van der Waals surface area (Å²) in [5, 5.41) is 2.92. The average Bonchev–Trinajstić information content (AvgIpc) is 2.66. The molecule has 0 bridgehead atoms. The number of amides is 2. The first-order valence-electron chi connectivity index (χ1n) is 10.0. The maximum absolute atomic E-state index is 13.0. The number of aryl methyl sites for hydroxylation is 2. The molecule has 0 spiro atoms. The van der Waals surface area contributed by atoms with Crippen molar-refractivity contribution in [2.45, 2.75) is 59.0 Å². The van der Waals surface area contributed by atoms with E-state index in [1.54, 1.807) is 23.6 Å². The Morgan fingerprint density at radius 3 is 2.28 bits per heavy atom. The van der Waals surface area contributed by atoms with Gasteiger partial charge in [0.1, 0.15) is 6.04 Å². The topological polar surface area (TPSA) is 49.4 Å². The van der Waals surface area contributed by atoms with Crippen LogP contribution in [0.1, 0.15) is 43.0 Å². The molecule has 0 saturated heterocycles. The van der Waals surface area contributed by atoms with Crippen LogP contribution in [0.2, 0.25) is 0 Å². The highest BCUT2D eigenvalue weighted by Crippen LogP contribution is 2.17. The lowest BCUT2D eigenvalue weighted by Gasteiger charge is -2.29. The Bertz CT molecular complexity index is 818. The van der Waals surface area contributed by atoms with Gasteiger partial charge in [-0.2, -0.15) is 0 Å². The minimum absolute atomic E-state index is 0.0185. The second kappa shape index (κ2) is 11.1. The molecular weight excluding hydrogens is 380 g/mol. The summed E-state index contributed by atoms with van der Waals surface area (Å²) in [4.78, 5) is 27.3. The molecule has 0 unspecified atom stereocenters. The van der Waals surface area contributed by atoms with Gasteiger partial charge < -0.3 is 10.2 Å². The maximum Gasteiger partial charge on any atom is 0.242 e. The van der Waals surface area contributed by atoms with Crippen LogP contribution in [0.5, 0.6) is 0 Å². The molecule has 0 radical (unpaired) electrons. The summed E-state index contributed by atoms with van der Waals surface area (Å²) in [7, 11) is 0. The Labute approximate surface area is 179 Å². The highest BCUT2D eigenvalue weighted by Gasteiger charge is 2.26. The fraction of sp³-hybridized carbons (Fsp3) is 0.417. The molecule has 2 aromatic carbocycles. The third kappa shape index (κ3) is 7.58. The Hall–Kier alpha value is -2.27. The molecule has 0 fully saturated rings. The van der Waals surface area contributed by atoms with E-state index < -0.39 is 6.04 Å². The van der Waals surface area contributed by atoms with E-state index in [0.29, 0.717) is 12.3 Å². The van der Waals surface area contributed by atoms with Crippen molar-refractivity contribution in [3.63, 3.8) is 0 Å². The number of nitrogens with one attached hydrogen (secondary N) is 1. The SMILES string of the molecule is Cc1ccc(CSCC(=O)N(Cc2cccc(C)c2)[C@H](C)C(=O)NC(C)C)cc1. The summed E-state index contributed by atoms with van der Waals surface area (Å²) in [5.74, 6) is 0.982. The van der Waals surface area contributed by atoms with Crippen LogP contribution in [-0.4, -0.2) is 34.6 Å². The zero-order chi connectivity index (χ0) is 21.4. The molecule has 1 N–H and O–H groups in total. The zero-order valence-electron chi connectivity index (χ0n) is 18.1. The van der Waals surface area contributed by atoms with Gasteiger partial charge >= 0.3 is 0 Å². The van der Waals surface area contributed by atoms with Gasteiger partial charge in [0.05, 0.1) is 5.75 Å². The Morgan fingerprint density at radius 1 is 0.966 bits per heavy atom. The predicted molar refractivity (Wildman–Crippen MR) is 122 cm³/mol. The summed E-state index contributed by atoms with van der Waals surface area (Å²) < 4.78 is 0. The van der Waals surface area contributed by atoms with Crippen molar-refractivity contribution in [2.75, 3.05) is 5.75 Å². The van der Waals surface area contributed by atoms with Crippen molar-refractivity contribution >= 4 is 23.6 Å². The van der Waals surface area contributed by atoms with E-state index in [1.165, 1.54) is 11.1 Å². The van der Waals surface area contributed by atoms with Crippen molar-refractivity contribution in [3.05, 3.63) is 70.8 Å². The first kappa shape index (κ1) is 23.0. The minimum atomic E-state index is -0.523. The van der Waals surface area contributed by atoms with Crippen molar-refractivity contribution in [1.82, 2.24) is 10.2 Å². The Kier molecular flexibility index (Phi) is 8.77. The second-order valence-electron chi connectivity index (χ2n) is 7.83. The average molecular weight is 413 g/mol. The zero-order valence-corrected chi connectivity index (χ0v) is 18.9. The third-order valence-electron chi connectivity index (χ3n) is 4.65. The van der Waals surface area contributed by atoms with Gasteiger partial charge in [-0.15, -0.1) is 11.8 Å². The highest BCUT2D eigenvalue weighted by atomic mass is 32.2. The lowest BCUT2D eigenvalue weighted by atomic mass is 10.1. The Balaban J connectivity index is 2.06. The largest absolute Gasteiger partial charge is 0.352 e. The summed E-state index contributed by atoms with van der Waals surface area (Å²) >= 11 is 1.58. The van der Waals surface area contributed by atoms with Gasteiger partial charge in [-0.1, -0.05) is 59.7 Å². The fourth-order valence-corrected chi connectivity index (χ4v) is 3.89. The van der Waals surface area contributed by atoms with E-state index in [0.717, 1.165) is 16.9 Å². The number of carbonyl (C=O) groups excluding carboxylic acids is 2. The number of carbonyl (C=O) groups is 2. The maximum atomic E-state index is 13.0. The van der Waals surface area contributed by atoms with Gasteiger partial charge in [-0.05, 0) is 45.7 Å². The van der Waals surface area contributed by atoms with E-state index in [9.17, 15) is 9.59 Å². The minimum Gasteiger partial charge on any atom is -0.352 e. The van der Waals surface area contributed by atoms with Gasteiger partial charge in [0.25, 0.3) is 0 Å². The first-order valence-corrected chi connectivity index (χ1v) is 11.2. The van der Waals surface area contributed by atoms with Gasteiger partial charge in [-0.3, -0.25) is 9.59 Å².